The molecule has 0 fully saturated rings. The summed E-state index contributed by atoms with van der Waals surface area (Å²) in [7, 11) is 0. The molecule has 1 heterocycles. The molecule has 1 N–H and O–H groups in total. The standard InChI is InChI=1S/C21H17N3O/c1-3-7-18(8-4-1)24-16-15-21(23-24)22-17-11-13-20(14-12-17)25-19-9-5-2-6-10-19/h1-16H,(H,22,23). The van der Waals surface area contributed by atoms with E-state index in [0.29, 0.717) is 0 Å². The van der Waals surface area contributed by atoms with Crippen LogP contribution in [0, 0.1) is 0 Å². The van der Waals surface area contributed by atoms with E-state index in [1.165, 1.54) is 0 Å². The van der Waals surface area contributed by atoms with E-state index < -0.39 is 0 Å². The van der Waals surface area contributed by atoms with Gasteiger partial charge >= 0.3 is 0 Å². The van der Waals surface area contributed by atoms with Gasteiger partial charge in [0, 0.05) is 18.0 Å². The van der Waals surface area contributed by atoms with Crippen LogP contribution in [0.4, 0.5) is 11.5 Å². The third-order valence-electron chi connectivity index (χ3n) is 3.72. The zero-order chi connectivity index (χ0) is 16.9. The predicted molar refractivity (Wildman–Crippen MR) is 99.8 cm³/mol. The average molecular weight is 327 g/mol. The molecule has 0 saturated heterocycles. The van der Waals surface area contributed by atoms with Crippen LogP contribution in [0.5, 0.6) is 11.5 Å². The van der Waals surface area contributed by atoms with E-state index in [0.717, 1.165) is 28.7 Å². The van der Waals surface area contributed by atoms with Crippen LogP contribution in [-0.2, 0) is 0 Å². The molecule has 0 atom stereocenters. The average Bonchev–Trinajstić information content (AvgIpc) is 3.14. The normalized spacial score (nSPS) is 10.4. The first-order valence-corrected chi connectivity index (χ1v) is 8.08. The highest BCUT2D eigenvalue weighted by atomic mass is 16.5. The molecule has 0 bridgehead atoms. The van der Waals surface area contributed by atoms with E-state index in [-0.39, 0.29) is 0 Å². The van der Waals surface area contributed by atoms with Gasteiger partial charge in [-0.2, -0.15) is 5.10 Å². The van der Waals surface area contributed by atoms with E-state index in [4.69, 9.17) is 4.74 Å². The van der Waals surface area contributed by atoms with Crippen LogP contribution < -0.4 is 10.1 Å². The smallest absolute Gasteiger partial charge is 0.152 e. The Balaban J connectivity index is 1.44. The number of nitrogens with one attached hydrogen (secondary N) is 1. The van der Waals surface area contributed by atoms with Crippen molar-refractivity contribution in [2.45, 2.75) is 0 Å². The number of hydrogen-bond donors (Lipinski definition) is 1. The maximum Gasteiger partial charge on any atom is 0.152 e. The van der Waals surface area contributed by atoms with Crippen molar-refractivity contribution in [3.63, 3.8) is 0 Å². The van der Waals surface area contributed by atoms with Crippen molar-refractivity contribution in [3.05, 3.63) is 97.2 Å². The van der Waals surface area contributed by atoms with Gasteiger partial charge < -0.3 is 10.1 Å². The second-order valence-corrected chi connectivity index (χ2v) is 5.55. The molecule has 0 saturated carbocycles. The van der Waals surface area contributed by atoms with Crippen molar-refractivity contribution in [1.82, 2.24) is 9.78 Å². The van der Waals surface area contributed by atoms with Crippen molar-refractivity contribution in [2.75, 3.05) is 5.32 Å². The van der Waals surface area contributed by atoms with E-state index in [1.807, 2.05) is 102 Å². The van der Waals surface area contributed by atoms with Crippen molar-refractivity contribution in [1.29, 1.82) is 0 Å². The van der Waals surface area contributed by atoms with Crippen molar-refractivity contribution in [3.8, 4) is 17.2 Å². The van der Waals surface area contributed by atoms with E-state index in [2.05, 4.69) is 10.4 Å². The minimum absolute atomic E-state index is 0.792. The molecule has 4 aromatic rings. The second-order valence-electron chi connectivity index (χ2n) is 5.55. The Bertz CT molecular complexity index is 932. The van der Waals surface area contributed by atoms with Gasteiger partial charge in [-0.05, 0) is 48.5 Å². The summed E-state index contributed by atoms with van der Waals surface area (Å²) in [5.41, 5.74) is 1.99. The summed E-state index contributed by atoms with van der Waals surface area (Å²) < 4.78 is 7.64. The number of ether oxygens (including phenoxy) is 1. The SMILES string of the molecule is c1ccc(Oc2ccc(Nc3ccn(-c4ccccc4)n3)cc2)cc1. The first kappa shape index (κ1) is 15.0. The quantitative estimate of drug-likeness (QED) is 0.533. The Hall–Kier alpha value is -3.53. The number of nitrogens with zero attached hydrogens (tertiary/aromatic N) is 2. The number of rotatable bonds is 5. The minimum atomic E-state index is 0.792. The molecule has 4 heteroatoms. The Morgan fingerprint density at radius 1 is 0.680 bits per heavy atom. The molecule has 3 aromatic carbocycles. The first-order valence-electron chi connectivity index (χ1n) is 8.08. The summed E-state index contributed by atoms with van der Waals surface area (Å²) in [4.78, 5) is 0. The fourth-order valence-electron chi connectivity index (χ4n) is 2.49. The molecule has 0 amide bonds. The monoisotopic (exact) mass is 327 g/mol. The molecule has 0 aliphatic heterocycles. The van der Waals surface area contributed by atoms with E-state index in [1.54, 1.807) is 0 Å². The maximum absolute atomic E-state index is 5.80. The lowest BCUT2D eigenvalue weighted by Gasteiger charge is -2.07. The third kappa shape index (κ3) is 3.70. The van der Waals surface area contributed by atoms with Gasteiger partial charge in [-0.3, -0.25) is 0 Å². The zero-order valence-electron chi connectivity index (χ0n) is 13.5. The van der Waals surface area contributed by atoms with Gasteiger partial charge in [0.15, 0.2) is 5.82 Å². The topological polar surface area (TPSA) is 39.1 Å². The van der Waals surface area contributed by atoms with Crippen molar-refractivity contribution >= 4 is 11.5 Å². The van der Waals surface area contributed by atoms with Crippen molar-refractivity contribution in [2.24, 2.45) is 0 Å². The zero-order valence-corrected chi connectivity index (χ0v) is 13.5. The van der Waals surface area contributed by atoms with Gasteiger partial charge in [0.2, 0.25) is 0 Å². The lowest BCUT2D eigenvalue weighted by Crippen LogP contribution is -1.96. The molecule has 4 rings (SSSR count). The molecule has 0 radical (unpaired) electrons. The maximum atomic E-state index is 5.80. The van der Waals surface area contributed by atoms with Gasteiger partial charge in [-0.25, -0.2) is 4.68 Å². The Morgan fingerprint density at radius 2 is 1.32 bits per heavy atom. The summed E-state index contributed by atoms with van der Waals surface area (Å²) in [6, 6.07) is 29.5. The Kier molecular flexibility index (Phi) is 4.16. The van der Waals surface area contributed by atoms with Crippen LogP contribution in [0.2, 0.25) is 0 Å². The number of anilines is 2. The fourth-order valence-corrected chi connectivity index (χ4v) is 2.49. The summed E-state index contributed by atoms with van der Waals surface area (Å²) >= 11 is 0. The molecule has 0 aliphatic rings. The minimum Gasteiger partial charge on any atom is -0.457 e. The Labute approximate surface area is 146 Å². The summed E-state index contributed by atoms with van der Waals surface area (Å²) in [6.45, 7) is 0. The van der Waals surface area contributed by atoms with Crippen LogP contribution in [-0.4, -0.2) is 9.78 Å². The molecule has 0 unspecified atom stereocenters. The molecule has 1 aromatic heterocycles. The van der Waals surface area contributed by atoms with Gasteiger partial charge in [-0.1, -0.05) is 36.4 Å². The molecular weight excluding hydrogens is 310 g/mol. The number of para-hydroxylation sites is 2. The molecule has 25 heavy (non-hydrogen) atoms. The summed E-state index contributed by atoms with van der Waals surface area (Å²) in [6.07, 6.45) is 1.94. The highest BCUT2D eigenvalue weighted by Gasteiger charge is 2.02. The molecule has 0 spiro atoms. The van der Waals surface area contributed by atoms with Crippen LogP contribution in [0.1, 0.15) is 0 Å². The summed E-state index contributed by atoms with van der Waals surface area (Å²) in [5.74, 6) is 2.41. The first-order chi connectivity index (χ1) is 12.4. The molecule has 0 aliphatic carbocycles. The molecule has 122 valence electrons. The van der Waals surface area contributed by atoms with Crippen molar-refractivity contribution < 1.29 is 4.74 Å². The molecular formula is C21H17N3O. The highest BCUT2D eigenvalue weighted by Crippen LogP contribution is 2.24. The number of hydrogen-bond acceptors (Lipinski definition) is 3. The number of benzene rings is 3. The van der Waals surface area contributed by atoms with Gasteiger partial charge in [0.25, 0.3) is 0 Å². The highest BCUT2D eigenvalue weighted by molar-refractivity contribution is 5.57. The third-order valence-corrected chi connectivity index (χ3v) is 3.72. The summed E-state index contributed by atoms with van der Waals surface area (Å²) in [5, 5.41) is 7.84. The van der Waals surface area contributed by atoms with Gasteiger partial charge in [0.1, 0.15) is 11.5 Å². The van der Waals surface area contributed by atoms with Gasteiger partial charge in [0.05, 0.1) is 5.69 Å². The van der Waals surface area contributed by atoms with Crippen LogP contribution in [0.15, 0.2) is 97.2 Å². The molecule has 4 nitrogen and oxygen atoms in total. The van der Waals surface area contributed by atoms with Crippen LogP contribution in [0.25, 0.3) is 5.69 Å². The lowest BCUT2D eigenvalue weighted by atomic mass is 10.3. The second kappa shape index (κ2) is 6.93. The van der Waals surface area contributed by atoms with Gasteiger partial charge in [-0.15, -0.1) is 0 Å². The largest absolute Gasteiger partial charge is 0.457 e. The fraction of sp³-hybridized carbons (Fsp3) is 0. The van der Waals surface area contributed by atoms with E-state index in [9.17, 15) is 0 Å². The van der Waals surface area contributed by atoms with Crippen LogP contribution >= 0.6 is 0 Å². The van der Waals surface area contributed by atoms with E-state index >= 15 is 0 Å². The predicted octanol–water partition coefficient (Wildman–Crippen LogP) is 5.41. The number of aromatic nitrogens is 2. The lowest BCUT2D eigenvalue weighted by molar-refractivity contribution is 0.483. The van der Waals surface area contributed by atoms with Crippen LogP contribution in [0.3, 0.4) is 0 Å². The Morgan fingerprint density at radius 3 is 2.04 bits per heavy atom.